The van der Waals surface area contributed by atoms with Crippen LogP contribution in [0, 0.1) is 0 Å². The predicted octanol–water partition coefficient (Wildman–Crippen LogP) is 3.85. The molecule has 0 aliphatic rings. The Balaban J connectivity index is 1.63. The molecule has 0 unspecified atom stereocenters. The second kappa shape index (κ2) is 7.89. The van der Waals surface area contributed by atoms with Crippen LogP contribution in [0.4, 0.5) is 5.69 Å². The number of hydrogen-bond donors (Lipinski definition) is 1. The third-order valence-electron chi connectivity index (χ3n) is 3.23. The Kier molecular flexibility index (Phi) is 5.39. The highest BCUT2D eigenvalue weighted by atomic mass is 32.2. The third-order valence-corrected chi connectivity index (χ3v) is 4.16. The van der Waals surface area contributed by atoms with E-state index in [9.17, 15) is 4.79 Å². The molecule has 1 aromatic carbocycles. The summed E-state index contributed by atoms with van der Waals surface area (Å²) in [5.74, 6) is 1.22. The van der Waals surface area contributed by atoms with Crippen molar-refractivity contribution in [3.05, 3.63) is 42.7 Å². The molecule has 1 N–H and O–H groups in total. The van der Waals surface area contributed by atoms with Crippen LogP contribution in [-0.2, 0) is 4.79 Å². The average Bonchev–Trinajstić information content (AvgIpc) is 3.28. The topological polar surface area (TPSA) is 90.4 Å². The summed E-state index contributed by atoms with van der Waals surface area (Å²) in [6.45, 7) is 4.18. The minimum Gasteiger partial charge on any atom is -0.492 e. The Bertz CT molecular complexity index is 832. The summed E-state index contributed by atoms with van der Waals surface area (Å²) in [6.07, 6.45) is 1.53. The van der Waals surface area contributed by atoms with Crippen LogP contribution in [0.3, 0.4) is 0 Å². The molecule has 2 aromatic heterocycles. The van der Waals surface area contributed by atoms with Crippen molar-refractivity contribution in [2.24, 2.45) is 0 Å². The monoisotopic (exact) mass is 359 g/mol. The van der Waals surface area contributed by atoms with Gasteiger partial charge in [-0.05, 0) is 38.1 Å². The van der Waals surface area contributed by atoms with Gasteiger partial charge in [-0.15, -0.1) is 10.2 Å². The van der Waals surface area contributed by atoms with E-state index in [0.717, 1.165) is 0 Å². The fraction of sp³-hybridized carbons (Fsp3) is 0.235. The second-order valence-corrected chi connectivity index (χ2v) is 6.32. The van der Waals surface area contributed by atoms with Gasteiger partial charge in [0.25, 0.3) is 11.1 Å². The van der Waals surface area contributed by atoms with Crippen molar-refractivity contribution < 1.29 is 18.4 Å². The number of para-hydroxylation sites is 2. The van der Waals surface area contributed by atoms with Gasteiger partial charge in [0.2, 0.25) is 5.91 Å². The summed E-state index contributed by atoms with van der Waals surface area (Å²) < 4.78 is 16.2. The fourth-order valence-electron chi connectivity index (χ4n) is 2.05. The van der Waals surface area contributed by atoms with Crippen LogP contribution in [0.5, 0.6) is 5.75 Å². The molecular formula is C17H17N3O4S. The van der Waals surface area contributed by atoms with Gasteiger partial charge >= 0.3 is 0 Å². The molecule has 1 amide bonds. The first-order valence-corrected chi connectivity index (χ1v) is 8.62. The summed E-state index contributed by atoms with van der Waals surface area (Å²) in [4.78, 5) is 12.4. The van der Waals surface area contributed by atoms with E-state index < -0.39 is 5.25 Å². The van der Waals surface area contributed by atoms with Crippen molar-refractivity contribution in [3.63, 3.8) is 0 Å². The fourth-order valence-corrected chi connectivity index (χ4v) is 2.73. The first kappa shape index (κ1) is 17.1. The van der Waals surface area contributed by atoms with E-state index in [2.05, 4.69) is 15.5 Å². The van der Waals surface area contributed by atoms with Gasteiger partial charge in [0.15, 0.2) is 5.76 Å². The second-order valence-electron chi connectivity index (χ2n) is 5.03. The lowest BCUT2D eigenvalue weighted by molar-refractivity contribution is -0.115. The molecule has 0 radical (unpaired) electrons. The number of rotatable bonds is 7. The van der Waals surface area contributed by atoms with Crippen LogP contribution in [0.1, 0.15) is 13.8 Å². The average molecular weight is 359 g/mol. The molecule has 25 heavy (non-hydrogen) atoms. The van der Waals surface area contributed by atoms with E-state index in [1.807, 2.05) is 25.1 Å². The lowest BCUT2D eigenvalue weighted by Gasteiger charge is -2.13. The number of thioether (sulfide) groups is 1. The highest BCUT2D eigenvalue weighted by Crippen LogP contribution is 2.28. The molecule has 130 valence electrons. The number of furan rings is 1. The zero-order valence-corrected chi connectivity index (χ0v) is 14.6. The summed E-state index contributed by atoms with van der Waals surface area (Å²) in [7, 11) is 0. The molecule has 7 nitrogen and oxygen atoms in total. The van der Waals surface area contributed by atoms with E-state index in [4.69, 9.17) is 13.6 Å². The number of carbonyl (C=O) groups excluding carboxylic acids is 1. The van der Waals surface area contributed by atoms with Crippen molar-refractivity contribution in [2.75, 3.05) is 11.9 Å². The van der Waals surface area contributed by atoms with Crippen molar-refractivity contribution >= 4 is 23.4 Å². The number of ether oxygens (including phenoxy) is 1. The Morgan fingerprint density at radius 3 is 2.88 bits per heavy atom. The number of nitrogens with one attached hydrogen (secondary N) is 1. The Hall–Kier alpha value is -2.74. The van der Waals surface area contributed by atoms with E-state index in [1.54, 1.807) is 25.1 Å². The van der Waals surface area contributed by atoms with Gasteiger partial charge in [-0.1, -0.05) is 23.9 Å². The number of anilines is 1. The SMILES string of the molecule is CCOc1ccccc1NC(=O)[C@@H](C)Sc1nnc(-c2ccco2)o1. The van der Waals surface area contributed by atoms with Crippen LogP contribution in [0.25, 0.3) is 11.7 Å². The smallest absolute Gasteiger partial charge is 0.284 e. The zero-order chi connectivity index (χ0) is 17.6. The molecule has 8 heteroatoms. The molecule has 2 heterocycles. The van der Waals surface area contributed by atoms with E-state index >= 15 is 0 Å². The van der Waals surface area contributed by atoms with E-state index in [-0.39, 0.29) is 11.8 Å². The first-order valence-electron chi connectivity index (χ1n) is 7.74. The van der Waals surface area contributed by atoms with Gasteiger partial charge in [-0.2, -0.15) is 0 Å². The Morgan fingerprint density at radius 2 is 2.12 bits per heavy atom. The molecule has 0 fully saturated rings. The predicted molar refractivity (Wildman–Crippen MR) is 93.6 cm³/mol. The molecule has 0 spiro atoms. The van der Waals surface area contributed by atoms with Gasteiger partial charge in [0.05, 0.1) is 23.8 Å². The normalized spacial score (nSPS) is 11.9. The maximum absolute atomic E-state index is 12.4. The number of amides is 1. The van der Waals surface area contributed by atoms with Crippen molar-refractivity contribution in [3.8, 4) is 17.4 Å². The summed E-state index contributed by atoms with van der Waals surface area (Å²) in [6, 6.07) is 10.8. The number of carbonyl (C=O) groups is 1. The molecule has 0 aliphatic carbocycles. The number of hydrogen-bond acceptors (Lipinski definition) is 7. The van der Waals surface area contributed by atoms with Crippen LogP contribution in [-0.4, -0.2) is 28.0 Å². The maximum Gasteiger partial charge on any atom is 0.284 e. The Labute approximate surface area is 148 Å². The first-order chi connectivity index (χ1) is 12.2. The summed E-state index contributed by atoms with van der Waals surface area (Å²) >= 11 is 1.17. The van der Waals surface area contributed by atoms with Crippen LogP contribution in [0.2, 0.25) is 0 Å². The number of nitrogens with zero attached hydrogens (tertiary/aromatic N) is 2. The van der Waals surface area contributed by atoms with Gasteiger partial charge in [0.1, 0.15) is 5.75 Å². The summed E-state index contributed by atoms with van der Waals surface area (Å²) in [5.41, 5.74) is 0.628. The third kappa shape index (κ3) is 4.21. The number of aromatic nitrogens is 2. The molecule has 3 rings (SSSR count). The van der Waals surface area contributed by atoms with E-state index in [1.165, 1.54) is 18.0 Å². The van der Waals surface area contributed by atoms with Crippen molar-refractivity contribution in [1.29, 1.82) is 0 Å². The highest BCUT2D eigenvalue weighted by Gasteiger charge is 2.20. The molecule has 0 saturated heterocycles. The zero-order valence-electron chi connectivity index (χ0n) is 13.8. The molecule has 0 bridgehead atoms. The molecule has 1 atom stereocenters. The van der Waals surface area contributed by atoms with Gasteiger partial charge < -0.3 is 18.9 Å². The van der Waals surface area contributed by atoms with Gasteiger partial charge in [-0.3, -0.25) is 4.79 Å². The summed E-state index contributed by atoms with van der Waals surface area (Å²) in [5, 5.41) is 10.6. The maximum atomic E-state index is 12.4. The van der Waals surface area contributed by atoms with Crippen LogP contribution >= 0.6 is 11.8 Å². The van der Waals surface area contributed by atoms with Gasteiger partial charge in [0, 0.05) is 0 Å². The van der Waals surface area contributed by atoms with Gasteiger partial charge in [-0.25, -0.2) is 0 Å². The minimum atomic E-state index is -0.431. The molecular weight excluding hydrogens is 342 g/mol. The molecule has 0 aliphatic heterocycles. The van der Waals surface area contributed by atoms with Crippen molar-refractivity contribution in [2.45, 2.75) is 24.3 Å². The lowest BCUT2D eigenvalue weighted by Crippen LogP contribution is -2.22. The Morgan fingerprint density at radius 1 is 1.28 bits per heavy atom. The molecule has 3 aromatic rings. The largest absolute Gasteiger partial charge is 0.492 e. The van der Waals surface area contributed by atoms with Crippen LogP contribution < -0.4 is 10.1 Å². The standard InChI is InChI=1S/C17H17N3O4S/c1-3-22-13-8-5-4-7-12(13)18-15(21)11(2)25-17-20-19-16(24-17)14-9-6-10-23-14/h4-11H,3H2,1-2H3,(H,18,21)/t11-/m1/s1. The van der Waals surface area contributed by atoms with Crippen molar-refractivity contribution in [1.82, 2.24) is 10.2 Å². The lowest BCUT2D eigenvalue weighted by atomic mass is 10.3. The molecule has 0 saturated carbocycles. The minimum absolute atomic E-state index is 0.185. The quantitative estimate of drug-likeness (QED) is 0.641. The van der Waals surface area contributed by atoms with Crippen LogP contribution in [0.15, 0.2) is 56.7 Å². The highest BCUT2D eigenvalue weighted by molar-refractivity contribution is 8.00. The number of benzene rings is 1. The van der Waals surface area contributed by atoms with E-state index in [0.29, 0.717) is 29.0 Å².